The number of piperidine rings is 1. The SMILES string of the molecule is O=C(O)C1CCN(Cc2coc3ccccc23)CC1(F)F. The zero-order valence-corrected chi connectivity index (χ0v) is 11.3. The number of hydrogen-bond donors (Lipinski definition) is 1. The number of rotatable bonds is 3. The average molecular weight is 295 g/mol. The molecule has 0 amide bonds. The smallest absolute Gasteiger partial charge is 0.312 e. The number of hydrogen-bond acceptors (Lipinski definition) is 3. The summed E-state index contributed by atoms with van der Waals surface area (Å²) < 4.78 is 33.1. The molecule has 1 aromatic heterocycles. The molecule has 112 valence electrons. The minimum Gasteiger partial charge on any atom is -0.481 e. The van der Waals surface area contributed by atoms with Crippen LogP contribution in [0.25, 0.3) is 11.0 Å². The second kappa shape index (κ2) is 5.11. The Labute approximate surface area is 120 Å². The van der Waals surface area contributed by atoms with Gasteiger partial charge in [-0.3, -0.25) is 9.69 Å². The Morgan fingerprint density at radius 2 is 2.19 bits per heavy atom. The van der Waals surface area contributed by atoms with Crippen LogP contribution in [0.2, 0.25) is 0 Å². The van der Waals surface area contributed by atoms with Crippen LogP contribution in [0.1, 0.15) is 12.0 Å². The van der Waals surface area contributed by atoms with E-state index in [1.807, 2.05) is 24.3 Å². The van der Waals surface area contributed by atoms with Gasteiger partial charge in [0.1, 0.15) is 11.5 Å². The van der Waals surface area contributed by atoms with Crippen molar-refractivity contribution in [2.24, 2.45) is 5.92 Å². The van der Waals surface area contributed by atoms with Gasteiger partial charge in [0.2, 0.25) is 0 Å². The van der Waals surface area contributed by atoms with Gasteiger partial charge in [-0.1, -0.05) is 18.2 Å². The van der Waals surface area contributed by atoms with Gasteiger partial charge in [-0.05, 0) is 19.0 Å². The summed E-state index contributed by atoms with van der Waals surface area (Å²) in [5, 5.41) is 9.75. The summed E-state index contributed by atoms with van der Waals surface area (Å²) >= 11 is 0. The summed E-state index contributed by atoms with van der Waals surface area (Å²) in [6, 6.07) is 7.43. The highest BCUT2D eigenvalue weighted by atomic mass is 19.3. The normalized spacial score (nSPS) is 22.5. The van der Waals surface area contributed by atoms with E-state index in [1.54, 1.807) is 11.2 Å². The Morgan fingerprint density at radius 1 is 1.43 bits per heavy atom. The second-order valence-electron chi connectivity index (χ2n) is 5.41. The van der Waals surface area contributed by atoms with Crippen molar-refractivity contribution in [1.82, 2.24) is 4.90 Å². The summed E-state index contributed by atoms with van der Waals surface area (Å²) in [5.41, 5.74) is 1.56. The van der Waals surface area contributed by atoms with Crippen molar-refractivity contribution in [3.63, 3.8) is 0 Å². The number of likely N-dealkylation sites (tertiary alicyclic amines) is 1. The van der Waals surface area contributed by atoms with Crippen LogP contribution in [0.5, 0.6) is 0 Å². The van der Waals surface area contributed by atoms with Crippen molar-refractivity contribution >= 4 is 16.9 Å². The van der Waals surface area contributed by atoms with Gasteiger partial charge in [0.25, 0.3) is 5.92 Å². The molecule has 4 nitrogen and oxygen atoms in total. The van der Waals surface area contributed by atoms with Crippen LogP contribution in [-0.4, -0.2) is 35.0 Å². The molecule has 0 aliphatic carbocycles. The van der Waals surface area contributed by atoms with Crippen LogP contribution in [0.3, 0.4) is 0 Å². The maximum absolute atomic E-state index is 13.9. The molecule has 1 atom stereocenters. The summed E-state index contributed by atoms with van der Waals surface area (Å²) in [5.74, 6) is -6.22. The highest BCUT2D eigenvalue weighted by Crippen LogP contribution is 2.34. The van der Waals surface area contributed by atoms with Crippen molar-refractivity contribution in [3.05, 3.63) is 36.1 Å². The Bertz CT molecular complexity index is 668. The average Bonchev–Trinajstić information content (AvgIpc) is 2.81. The number of furan rings is 1. The van der Waals surface area contributed by atoms with Crippen molar-refractivity contribution < 1.29 is 23.1 Å². The van der Waals surface area contributed by atoms with E-state index >= 15 is 0 Å². The van der Waals surface area contributed by atoms with Gasteiger partial charge >= 0.3 is 5.97 Å². The highest BCUT2D eigenvalue weighted by molar-refractivity contribution is 5.80. The molecule has 6 heteroatoms. The molecule has 2 heterocycles. The molecule has 0 saturated carbocycles. The third-order valence-electron chi connectivity index (χ3n) is 3.93. The summed E-state index contributed by atoms with van der Waals surface area (Å²) in [4.78, 5) is 12.4. The molecule has 1 aromatic carbocycles. The van der Waals surface area contributed by atoms with E-state index in [-0.39, 0.29) is 6.42 Å². The molecule has 1 aliphatic heterocycles. The van der Waals surface area contributed by atoms with E-state index in [0.717, 1.165) is 16.5 Å². The van der Waals surface area contributed by atoms with Crippen LogP contribution in [0.4, 0.5) is 8.78 Å². The fourth-order valence-electron chi connectivity index (χ4n) is 2.85. The first kappa shape index (κ1) is 14.0. The number of carboxylic acids is 1. The van der Waals surface area contributed by atoms with Crippen molar-refractivity contribution in [1.29, 1.82) is 0 Å². The molecule has 3 rings (SSSR count). The lowest BCUT2D eigenvalue weighted by molar-refractivity contribution is -0.167. The number of benzene rings is 1. The van der Waals surface area contributed by atoms with E-state index < -0.39 is 24.4 Å². The molecule has 1 unspecified atom stereocenters. The Kier molecular flexibility index (Phi) is 3.41. The van der Waals surface area contributed by atoms with Gasteiger partial charge in [0.15, 0.2) is 0 Å². The molecule has 0 radical (unpaired) electrons. The molecule has 1 saturated heterocycles. The predicted octanol–water partition coefficient (Wildman–Crippen LogP) is 2.97. The Balaban J connectivity index is 1.76. The topological polar surface area (TPSA) is 53.7 Å². The monoisotopic (exact) mass is 295 g/mol. The lowest BCUT2D eigenvalue weighted by Gasteiger charge is -2.36. The number of nitrogens with zero attached hydrogens (tertiary/aromatic N) is 1. The first-order chi connectivity index (χ1) is 9.97. The lowest BCUT2D eigenvalue weighted by atomic mass is 9.92. The molecule has 0 bridgehead atoms. The van der Waals surface area contributed by atoms with E-state index in [2.05, 4.69) is 0 Å². The first-order valence-electron chi connectivity index (χ1n) is 6.75. The molecular formula is C15H15F2NO3. The number of fused-ring (bicyclic) bond motifs is 1. The van der Waals surface area contributed by atoms with Gasteiger partial charge in [0, 0.05) is 17.5 Å². The van der Waals surface area contributed by atoms with E-state index in [1.165, 1.54) is 0 Å². The lowest BCUT2D eigenvalue weighted by Crippen LogP contribution is -2.50. The minimum atomic E-state index is -3.20. The Morgan fingerprint density at radius 3 is 2.90 bits per heavy atom. The van der Waals surface area contributed by atoms with Crippen molar-refractivity contribution in [2.75, 3.05) is 13.1 Å². The zero-order valence-electron chi connectivity index (χ0n) is 11.3. The van der Waals surface area contributed by atoms with Gasteiger partial charge in [0.05, 0.1) is 12.8 Å². The van der Waals surface area contributed by atoms with E-state index in [4.69, 9.17) is 9.52 Å². The van der Waals surface area contributed by atoms with Gasteiger partial charge in [-0.2, -0.15) is 0 Å². The molecule has 1 aliphatic rings. The predicted molar refractivity (Wildman–Crippen MR) is 72.2 cm³/mol. The van der Waals surface area contributed by atoms with Crippen molar-refractivity contribution in [3.8, 4) is 0 Å². The maximum atomic E-state index is 13.9. The number of carboxylic acid groups (broad SMARTS) is 1. The Hall–Kier alpha value is -1.95. The van der Waals surface area contributed by atoms with E-state index in [9.17, 15) is 13.6 Å². The third-order valence-corrected chi connectivity index (χ3v) is 3.93. The number of halogens is 2. The molecular weight excluding hydrogens is 280 g/mol. The maximum Gasteiger partial charge on any atom is 0.312 e. The zero-order chi connectivity index (χ0) is 15.0. The largest absolute Gasteiger partial charge is 0.481 e. The second-order valence-corrected chi connectivity index (χ2v) is 5.41. The molecule has 1 fully saturated rings. The number of carbonyl (C=O) groups is 1. The summed E-state index contributed by atoms with van der Waals surface area (Å²) in [6.45, 7) is 0.133. The van der Waals surface area contributed by atoms with Crippen molar-refractivity contribution in [2.45, 2.75) is 18.9 Å². The standard InChI is InChI=1S/C15H15F2NO3/c16-15(17)9-18(6-5-12(15)14(19)20)7-10-8-21-13-4-2-1-3-11(10)13/h1-4,8,12H,5-7,9H2,(H,19,20). The molecule has 1 N–H and O–H groups in total. The summed E-state index contributed by atoms with van der Waals surface area (Å²) in [7, 11) is 0. The molecule has 0 spiro atoms. The fourth-order valence-corrected chi connectivity index (χ4v) is 2.85. The van der Waals surface area contributed by atoms with Gasteiger partial charge < -0.3 is 9.52 Å². The number of aliphatic carboxylic acids is 1. The van der Waals surface area contributed by atoms with E-state index in [0.29, 0.717) is 13.1 Å². The fraction of sp³-hybridized carbons (Fsp3) is 0.400. The quantitative estimate of drug-likeness (QED) is 0.946. The van der Waals surface area contributed by atoms with Crippen LogP contribution in [0, 0.1) is 5.92 Å². The highest BCUT2D eigenvalue weighted by Gasteiger charge is 2.48. The first-order valence-corrected chi connectivity index (χ1v) is 6.75. The number of alkyl halides is 2. The number of para-hydroxylation sites is 1. The van der Waals surface area contributed by atoms with Gasteiger partial charge in [-0.15, -0.1) is 0 Å². The molecule has 21 heavy (non-hydrogen) atoms. The van der Waals surface area contributed by atoms with Crippen LogP contribution in [0.15, 0.2) is 34.9 Å². The van der Waals surface area contributed by atoms with Crippen LogP contribution < -0.4 is 0 Å². The summed E-state index contributed by atoms with van der Waals surface area (Å²) in [6.07, 6.45) is 1.53. The minimum absolute atomic E-state index is 0.0435. The molecule has 2 aromatic rings. The third kappa shape index (κ3) is 2.63. The van der Waals surface area contributed by atoms with Crippen LogP contribution in [-0.2, 0) is 11.3 Å². The van der Waals surface area contributed by atoms with Gasteiger partial charge in [-0.25, -0.2) is 8.78 Å². The van der Waals surface area contributed by atoms with Crippen LogP contribution >= 0.6 is 0 Å².